The zero-order chi connectivity index (χ0) is 7.15. The van der Waals surface area contributed by atoms with E-state index >= 15 is 0 Å². The van der Waals surface area contributed by atoms with E-state index in [1.807, 2.05) is 0 Å². The molecular weight excluding hydrogens is 234 g/mol. The Morgan fingerprint density at radius 1 is 1.25 bits per heavy atom. The Morgan fingerprint density at radius 2 is 1.25 bits per heavy atom. The predicted octanol–water partition coefficient (Wildman–Crippen LogP) is 2.06. The molecule has 0 aliphatic heterocycles. The zero-order valence-corrected chi connectivity index (χ0v) is 8.49. The quantitative estimate of drug-likeness (QED) is 0.592. The van der Waals surface area contributed by atoms with Crippen molar-refractivity contribution in [2.75, 3.05) is 12.5 Å². The van der Waals surface area contributed by atoms with E-state index in [1.165, 1.54) is 0 Å². The summed E-state index contributed by atoms with van der Waals surface area (Å²) in [5.41, 5.74) is 0. The molecule has 0 saturated heterocycles. The molecule has 6 heteroatoms. The van der Waals surface area contributed by atoms with Crippen molar-refractivity contribution in [2.24, 2.45) is 0 Å². The van der Waals surface area contributed by atoms with Crippen LogP contribution in [0.15, 0.2) is 0 Å². The summed E-state index contributed by atoms with van der Waals surface area (Å²) in [7, 11) is 14.1. The molecule has 1 nitrogen and oxygen atoms in total. The summed E-state index contributed by atoms with van der Waals surface area (Å²) in [6, 6.07) is 0. The third-order valence-corrected chi connectivity index (χ3v) is 0. The van der Waals surface area contributed by atoms with E-state index in [2.05, 4.69) is 0 Å². The van der Waals surface area contributed by atoms with E-state index in [4.69, 9.17) is 30.3 Å². The Hall–Kier alpha value is 1.54. The molecule has 0 aromatic carbocycles. The van der Waals surface area contributed by atoms with Gasteiger partial charge in [0.15, 0.2) is 0 Å². The van der Waals surface area contributed by atoms with Crippen molar-refractivity contribution in [3.05, 3.63) is 0 Å². The first-order valence-corrected chi connectivity index (χ1v) is 7.91. The van der Waals surface area contributed by atoms with Crippen LogP contribution in [0.2, 0.25) is 0 Å². The second kappa shape index (κ2) is 8.54. The fourth-order valence-corrected chi connectivity index (χ4v) is 0. The summed E-state index contributed by atoms with van der Waals surface area (Å²) in [6.07, 6.45) is 3.28. The van der Waals surface area contributed by atoms with Crippen LogP contribution in [-0.4, -0.2) is 16.7 Å². The van der Waals surface area contributed by atoms with Crippen molar-refractivity contribution in [1.82, 2.24) is 0 Å². The molecule has 0 atom stereocenters. The van der Waals surface area contributed by atoms with Gasteiger partial charge in [-0.15, -0.1) is 0 Å². The van der Waals surface area contributed by atoms with Crippen molar-refractivity contribution in [3.8, 4) is 0 Å². The molecule has 0 radical (unpaired) electrons. The topological polar surface area (TPSA) is 17.1 Å². The average molecular weight is 240 g/mol. The fourth-order valence-electron chi connectivity index (χ4n) is 0. The molecular formula is C2H6Cl3FeOS. The average Bonchev–Trinajstić information content (AvgIpc) is 1.25. The molecule has 0 fully saturated rings. The molecule has 55 valence electrons. The number of hydrogen-bond donors (Lipinski definition) is 0. The number of halogens is 3. The SMILES string of the molecule is CS(C)=O.[Cl][Fe]([Cl])[Cl]. The molecule has 0 spiro atoms. The first-order chi connectivity index (χ1) is 3.46. The number of hydrogen-bond acceptors (Lipinski definition) is 1. The van der Waals surface area contributed by atoms with Gasteiger partial charge >= 0.3 is 41.5 Å². The van der Waals surface area contributed by atoms with E-state index < -0.39 is 22.0 Å². The van der Waals surface area contributed by atoms with Crippen LogP contribution >= 0.6 is 30.3 Å². The minimum atomic E-state index is -1.33. The molecule has 0 N–H and O–H groups in total. The molecule has 0 aromatic rings. The standard InChI is InChI=1S/C2H6OS.3ClH.Fe/c1-4(2)3;;;;/h1-2H3;3*1H;/q;;;;+3/p-3. The first-order valence-electron chi connectivity index (χ1n) is 1.38. The Kier molecular flexibility index (Phi) is 13.1. The van der Waals surface area contributed by atoms with Crippen LogP contribution in [0.1, 0.15) is 0 Å². The number of rotatable bonds is 0. The molecule has 0 aromatic heterocycles. The van der Waals surface area contributed by atoms with Crippen molar-refractivity contribution < 1.29 is 15.4 Å². The van der Waals surface area contributed by atoms with Crippen molar-refractivity contribution in [2.45, 2.75) is 0 Å². The normalized spacial score (nSPS) is 10.0. The van der Waals surface area contributed by atoms with E-state index in [1.54, 1.807) is 12.5 Å². The summed E-state index contributed by atoms with van der Waals surface area (Å²) >= 11 is -1.33. The van der Waals surface area contributed by atoms with Gasteiger partial charge in [0.05, 0.1) is 0 Å². The van der Waals surface area contributed by atoms with Gasteiger partial charge in [0, 0.05) is 23.3 Å². The van der Waals surface area contributed by atoms with E-state index in [-0.39, 0.29) is 0 Å². The van der Waals surface area contributed by atoms with Crippen molar-refractivity contribution in [3.63, 3.8) is 0 Å². The molecule has 0 aliphatic carbocycles. The van der Waals surface area contributed by atoms with Crippen LogP contribution in [0.4, 0.5) is 0 Å². The van der Waals surface area contributed by atoms with Gasteiger partial charge in [0.1, 0.15) is 0 Å². The Bertz CT molecular complexity index is 61.5. The Labute approximate surface area is 68.7 Å². The third-order valence-electron chi connectivity index (χ3n) is 0. The summed E-state index contributed by atoms with van der Waals surface area (Å²) in [5, 5.41) is 0. The zero-order valence-electron chi connectivity index (χ0n) is 4.30. The molecule has 0 unspecified atom stereocenters. The van der Waals surface area contributed by atoms with Crippen molar-refractivity contribution >= 4 is 41.1 Å². The third kappa shape index (κ3) is 136. The van der Waals surface area contributed by atoms with Crippen LogP contribution in [0.3, 0.4) is 0 Å². The summed E-state index contributed by atoms with van der Waals surface area (Å²) < 4.78 is 9.56. The molecule has 0 rings (SSSR count). The monoisotopic (exact) mass is 239 g/mol. The van der Waals surface area contributed by atoms with E-state index in [0.29, 0.717) is 0 Å². The van der Waals surface area contributed by atoms with Crippen LogP contribution in [0, 0.1) is 0 Å². The molecule has 0 aliphatic rings. The molecule has 0 bridgehead atoms. The molecule has 0 amide bonds. The van der Waals surface area contributed by atoms with Gasteiger partial charge < -0.3 is 0 Å². The maximum absolute atomic E-state index is 9.56. The van der Waals surface area contributed by atoms with Crippen molar-refractivity contribution in [1.29, 1.82) is 0 Å². The van der Waals surface area contributed by atoms with E-state index in [9.17, 15) is 4.21 Å². The fraction of sp³-hybridized carbons (Fsp3) is 1.00. The van der Waals surface area contributed by atoms with Gasteiger partial charge in [0.25, 0.3) is 0 Å². The molecule has 0 heterocycles. The van der Waals surface area contributed by atoms with Crippen LogP contribution in [-0.2, 0) is 22.0 Å². The second-order valence-electron chi connectivity index (χ2n) is 0.893. The molecule has 8 heavy (non-hydrogen) atoms. The maximum atomic E-state index is 9.56. The van der Waals surface area contributed by atoms with Gasteiger partial charge in [-0.1, -0.05) is 0 Å². The van der Waals surface area contributed by atoms with Gasteiger partial charge in [-0.2, -0.15) is 0 Å². The summed E-state index contributed by atoms with van der Waals surface area (Å²) in [4.78, 5) is 0. The van der Waals surface area contributed by atoms with Gasteiger partial charge in [-0.3, -0.25) is 4.21 Å². The summed E-state index contributed by atoms with van der Waals surface area (Å²) in [6.45, 7) is 0. The minimum absolute atomic E-state index is 0.611. The first kappa shape index (κ1) is 12.2. The van der Waals surface area contributed by atoms with Crippen LogP contribution in [0.5, 0.6) is 0 Å². The molecule has 0 saturated carbocycles. The predicted molar refractivity (Wildman–Crippen MR) is 37.5 cm³/mol. The van der Waals surface area contributed by atoms with Gasteiger partial charge in [-0.25, -0.2) is 0 Å². The second-order valence-corrected chi connectivity index (χ2v) is 7.85. The van der Waals surface area contributed by atoms with Crippen LogP contribution in [0.25, 0.3) is 0 Å². The van der Waals surface area contributed by atoms with Crippen LogP contribution < -0.4 is 0 Å². The summed E-state index contributed by atoms with van der Waals surface area (Å²) in [5.74, 6) is 0. The van der Waals surface area contributed by atoms with Gasteiger partial charge in [-0.05, 0) is 0 Å². The Morgan fingerprint density at radius 3 is 1.25 bits per heavy atom. The van der Waals surface area contributed by atoms with Gasteiger partial charge in [0.2, 0.25) is 0 Å². The van der Waals surface area contributed by atoms with E-state index in [0.717, 1.165) is 0 Å². The Balaban J connectivity index is 0.